The summed E-state index contributed by atoms with van der Waals surface area (Å²) in [5.41, 5.74) is 3.76. The van der Waals surface area contributed by atoms with Gasteiger partial charge in [0.1, 0.15) is 10.7 Å². The highest BCUT2D eigenvalue weighted by Crippen LogP contribution is 2.24. The number of hydrogen-bond acceptors (Lipinski definition) is 4. The molecule has 0 aliphatic heterocycles. The van der Waals surface area contributed by atoms with Crippen LogP contribution >= 0.6 is 11.3 Å². The van der Waals surface area contributed by atoms with Crippen molar-refractivity contribution in [3.8, 4) is 16.6 Å². The van der Waals surface area contributed by atoms with Gasteiger partial charge in [-0.25, -0.2) is 4.98 Å². The fraction of sp³-hybridized carbons (Fsp3) is 0.0556. The quantitative estimate of drug-likeness (QED) is 0.785. The summed E-state index contributed by atoms with van der Waals surface area (Å²) < 4.78 is 0. The number of aromatic nitrogens is 1. The lowest BCUT2D eigenvalue weighted by molar-refractivity contribution is 0.102. The third-order valence-corrected chi connectivity index (χ3v) is 4.20. The smallest absolute Gasteiger partial charge is 0.275 e. The number of anilines is 1. The molecule has 1 aromatic heterocycles. The van der Waals surface area contributed by atoms with Gasteiger partial charge < -0.3 is 5.32 Å². The molecule has 0 spiro atoms. The maximum atomic E-state index is 12.2. The zero-order valence-electron chi connectivity index (χ0n) is 12.4. The maximum absolute atomic E-state index is 12.2. The van der Waals surface area contributed by atoms with Crippen molar-refractivity contribution < 1.29 is 4.79 Å². The summed E-state index contributed by atoms with van der Waals surface area (Å²) in [6.45, 7) is 2.03. The topological polar surface area (TPSA) is 65.8 Å². The predicted octanol–water partition coefficient (Wildman–Crippen LogP) is 4.24. The van der Waals surface area contributed by atoms with Crippen molar-refractivity contribution in [2.24, 2.45) is 0 Å². The van der Waals surface area contributed by atoms with Gasteiger partial charge in [0.05, 0.1) is 11.6 Å². The summed E-state index contributed by atoms with van der Waals surface area (Å²) in [6.07, 6.45) is 0. The molecule has 1 N–H and O–H groups in total. The minimum Gasteiger partial charge on any atom is -0.321 e. The molecule has 0 fully saturated rings. The highest BCUT2D eigenvalue weighted by Gasteiger charge is 2.12. The lowest BCUT2D eigenvalue weighted by Gasteiger charge is -2.02. The number of nitriles is 1. The first kappa shape index (κ1) is 14.9. The molecule has 112 valence electrons. The molecule has 5 heteroatoms. The summed E-state index contributed by atoms with van der Waals surface area (Å²) >= 11 is 1.44. The molecule has 0 bridgehead atoms. The van der Waals surface area contributed by atoms with Crippen LogP contribution < -0.4 is 5.32 Å². The zero-order chi connectivity index (χ0) is 16.2. The number of benzene rings is 2. The van der Waals surface area contributed by atoms with Crippen LogP contribution in [0.25, 0.3) is 10.6 Å². The van der Waals surface area contributed by atoms with Gasteiger partial charge in [-0.3, -0.25) is 4.79 Å². The Morgan fingerprint density at radius 3 is 2.48 bits per heavy atom. The molecule has 0 saturated heterocycles. The Kier molecular flexibility index (Phi) is 4.18. The number of carbonyl (C=O) groups excluding carboxylic acids is 1. The normalized spacial score (nSPS) is 10.1. The van der Waals surface area contributed by atoms with E-state index in [1.807, 2.05) is 37.3 Å². The number of nitrogens with zero attached hydrogens (tertiary/aromatic N) is 2. The Labute approximate surface area is 138 Å². The number of thiazole rings is 1. The van der Waals surface area contributed by atoms with Crippen molar-refractivity contribution >= 4 is 22.9 Å². The Bertz CT molecular complexity index is 874. The maximum Gasteiger partial charge on any atom is 0.275 e. The van der Waals surface area contributed by atoms with Crippen LogP contribution in [-0.2, 0) is 0 Å². The van der Waals surface area contributed by atoms with Gasteiger partial charge in [-0.05, 0) is 31.2 Å². The molecular weight excluding hydrogens is 306 g/mol. The van der Waals surface area contributed by atoms with Crippen LogP contribution in [0, 0.1) is 18.3 Å². The van der Waals surface area contributed by atoms with Crippen LogP contribution in [0.2, 0.25) is 0 Å². The molecule has 1 amide bonds. The zero-order valence-corrected chi connectivity index (χ0v) is 13.2. The van der Waals surface area contributed by atoms with E-state index in [1.54, 1.807) is 29.6 Å². The molecule has 0 aliphatic carbocycles. The first-order valence-corrected chi connectivity index (χ1v) is 7.88. The van der Waals surface area contributed by atoms with Crippen molar-refractivity contribution in [1.29, 1.82) is 5.26 Å². The summed E-state index contributed by atoms with van der Waals surface area (Å²) in [4.78, 5) is 16.6. The third-order valence-electron chi connectivity index (χ3n) is 3.31. The molecular formula is C18H13N3OS. The van der Waals surface area contributed by atoms with Crippen molar-refractivity contribution in [2.45, 2.75) is 6.92 Å². The van der Waals surface area contributed by atoms with Gasteiger partial charge in [0.25, 0.3) is 5.91 Å². The van der Waals surface area contributed by atoms with Crippen LogP contribution in [0.4, 0.5) is 5.69 Å². The summed E-state index contributed by atoms with van der Waals surface area (Å²) in [6, 6.07) is 16.8. The van der Waals surface area contributed by atoms with Crippen LogP contribution in [0.1, 0.15) is 21.6 Å². The highest BCUT2D eigenvalue weighted by atomic mass is 32.1. The van der Waals surface area contributed by atoms with E-state index in [2.05, 4.69) is 10.3 Å². The van der Waals surface area contributed by atoms with Gasteiger partial charge in [-0.15, -0.1) is 11.3 Å². The van der Waals surface area contributed by atoms with Gasteiger partial charge in [0.15, 0.2) is 0 Å². The molecule has 4 nitrogen and oxygen atoms in total. The second kappa shape index (κ2) is 6.42. The van der Waals surface area contributed by atoms with Gasteiger partial charge in [-0.1, -0.05) is 29.8 Å². The van der Waals surface area contributed by atoms with E-state index in [-0.39, 0.29) is 5.91 Å². The van der Waals surface area contributed by atoms with Gasteiger partial charge in [-0.2, -0.15) is 5.26 Å². The molecule has 0 atom stereocenters. The lowest BCUT2D eigenvalue weighted by atomic mass is 10.2. The number of nitrogens with one attached hydrogen (secondary N) is 1. The number of amides is 1. The second-order valence-corrected chi connectivity index (χ2v) is 5.91. The average Bonchev–Trinajstić information content (AvgIpc) is 3.06. The molecule has 2 aromatic carbocycles. The number of carbonyl (C=O) groups is 1. The molecule has 0 saturated carbocycles. The monoisotopic (exact) mass is 319 g/mol. The van der Waals surface area contributed by atoms with Gasteiger partial charge >= 0.3 is 0 Å². The Balaban J connectivity index is 1.75. The van der Waals surface area contributed by atoms with E-state index in [4.69, 9.17) is 5.26 Å². The second-order valence-electron chi connectivity index (χ2n) is 5.05. The molecule has 1 heterocycles. The van der Waals surface area contributed by atoms with E-state index >= 15 is 0 Å². The van der Waals surface area contributed by atoms with E-state index in [1.165, 1.54) is 16.9 Å². The molecule has 0 aliphatic rings. The molecule has 3 aromatic rings. The fourth-order valence-corrected chi connectivity index (χ4v) is 2.84. The largest absolute Gasteiger partial charge is 0.321 e. The van der Waals surface area contributed by atoms with E-state index in [0.29, 0.717) is 16.9 Å². The van der Waals surface area contributed by atoms with Crippen molar-refractivity contribution in [2.75, 3.05) is 5.32 Å². The predicted molar refractivity (Wildman–Crippen MR) is 91.4 cm³/mol. The average molecular weight is 319 g/mol. The molecule has 0 unspecified atom stereocenters. The summed E-state index contributed by atoms with van der Waals surface area (Å²) in [5, 5.41) is 14.1. The fourth-order valence-electron chi connectivity index (χ4n) is 2.03. The Morgan fingerprint density at radius 2 is 1.83 bits per heavy atom. The highest BCUT2D eigenvalue weighted by molar-refractivity contribution is 7.13. The first-order chi connectivity index (χ1) is 11.2. The summed E-state index contributed by atoms with van der Waals surface area (Å²) in [5.74, 6) is -0.260. The SMILES string of the molecule is Cc1ccc(-c2nc(C(=O)Nc3ccc(C#N)cc3)cs2)cc1. The Hall–Kier alpha value is -2.97. The van der Waals surface area contributed by atoms with Crippen LogP contribution in [0.15, 0.2) is 53.9 Å². The van der Waals surface area contributed by atoms with Crippen LogP contribution in [0.3, 0.4) is 0 Å². The van der Waals surface area contributed by atoms with E-state index in [0.717, 1.165) is 10.6 Å². The minimum atomic E-state index is -0.260. The standard InChI is InChI=1S/C18H13N3OS/c1-12-2-6-14(7-3-12)18-21-16(11-23-18)17(22)20-15-8-4-13(10-19)5-9-15/h2-9,11H,1H3,(H,20,22). The van der Waals surface area contributed by atoms with Gasteiger partial charge in [0, 0.05) is 16.6 Å². The van der Waals surface area contributed by atoms with Gasteiger partial charge in [0.2, 0.25) is 0 Å². The van der Waals surface area contributed by atoms with Crippen molar-refractivity contribution in [3.05, 3.63) is 70.7 Å². The van der Waals surface area contributed by atoms with Crippen LogP contribution in [0.5, 0.6) is 0 Å². The first-order valence-electron chi connectivity index (χ1n) is 7.00. The van der Waals surface area contributed by atoms with E-state index in [9.17, 15) is 4.79 Å². The van der Waals surface area contributed by atoms with Crippen molar-refractivity contribution in [1.82, 2.24) is 4.98 Å². The minimum absolute atomic E-state index is 0.260. The van der Waals surface area contributed by atoms with E-state index < -0.39 is 0 Å². The molecule has 23 heavy (non-hydrogen) atoms. The van der Waals surface area contributed by atoms with Crippen LogP contribution in [-0.4, -0.2) is 10.9 Å². The van der Waals surface area contributed by atoms with Crippen molar-refractivity contribution in [3.63, 3.8) is 0 Å². The Morgan fingerprint density at radius 1 is 1.13 bits per heavy atom. The third kappa shape index (κ3) is 3.44. The molecule has 0 radical (unpaired) electrons. The molecule has 3 rings (SSSR count). The lowest BCUT2D eigenvalue weighted by Crippen LogP contribution is -2.12. The summed E-state index contributed by atoms with van der Waals surface area (Å²) in [7, 11) is 0. The number of hydrogen-bond donors (Lipinski definition) is 1. The number of rotatable bonds is 3. The number of aryl methyl sites for hydroxylation is 1.